The van der Waals surface area contributed by atoms with Crippen LogP contribution >= 0.6 is 0 Å². The molecular formula is C16H24N2O. The van der Waals surface area contributed by atoms with Crippen molar-refractivity contribution in [3.8, 4) is 0 Å². The number of hydrogen-bond acceptors (Lipinski definition) is 2. The van der Waals surface area contributed by atoms with E-state index in [4.69, 9.17) is 0 Å². The monoisotopic (exact) mass is 260 g/mol. The third kappa shape index (κ3) is 3.16. The minimum atomic E-state index is 0.0353. The Morgan fingerprint density at radius 3 is 2.32 bits per heavy atom. The van der Waals surface area contributed by atoms with Gasteiger partial charge < -0.3 is 10.2 Å². The van der Waals surface area contributed by atoms with Crippen molar-refractivity contribution in [3.63, 3.8) is 0 Å². The van der Waals surface area contributed by atoms with Gasteiger partial charge in [0.1, 0.15) is 0 Å². The average Bonchev–Trinajstić information content (AvgIpc) is 2.87. The minimum absolute atomic E-state index is 0.0353. The van der Waals surface area contributed by atoms with E-state index in [2.05, 4.69) is 24.3 Å². The Labute approximate surface area is 116 Å². The van der Waals surface area contributed by atoms with E-state index in [9.17, 15) is 4.79 Å². The molecule has 0 radical (unpaired) electrons. The molecule has 1 aromatic rings. The zero-order chi connectivity index (χ0) is 13.9. The van der Waals surface area contributed by atoms with Crippen LogP contribution in [0.2, 0.25) is 0 Å². The Morgan fingerprint density at radius 1 is 1.21 bits per heavy atom. The second-order valence-electron chi connectivity index (χ2n) is 5.87. The highest BCUT2D eigenvalue weighted by molar-refractivity contribution is 5.94. The first-order valence-corrected chi connectivity index (χ1v) is 7.06. The highest BCUT2D eigenvalue weighted by Crippen LogP contribution is 2.33. The number of benzene rings is 1. The molecule has 0 unspecified atom stereocenters. The van der Waals surface area contributed by atoms with Gasteiger partial charge in [0.2, 0.25) is 0 Å². The Balaban J connectivity index is 1.97. The van der Waals surface area contributed by atoms with E-state index in [0.29, 0.717) is 0 Å². The number of rotatable bonds is 4. The number of likely N-dealkylation sites (N-methyl/N-ethyl adjacent to an activating group) is 1. The summed E-state index contributed by atoms with van der Waals surface area (Å²) in [5, 5.41) is 3.10. The molecule has 104 valence electrons. The lowest BCUT2D eigenvalue weighted by Crippen LogP contribution is -2.50. The molecule has 1 saturated carbocycles. The van der Waals surface area contributed by atoms with Crippen molar-refractivity contribution in [2.24, 2.45) is 0 Å². The highest BCUT2D eigenvalue weighted by Gasteiger charge is 2.36. The number of nitrogens with one attached hydrogen (secondary N) is 1. The van der Waals surface area contributed by atoms with Gasteiger partial charge in [0, 0.05) is 17.6 Å². The van der Waals surface area contributed by atoms with E-state index in [1.54, 1.807) is 0 Å². The van der Waals surface area contributed by atoms with Crippen LogP contribution in [0.3, 0.4) is 0 Å². The maximum absolute atomic E-state index is 12.1. The minimum Gasteiger partial charge on any atom is -0.350 e. The van der Waals surface area contributed by atoms with E-state index in [0.717, 1.165) is 12.1 Å². The predicted molar refractivity (Wildman–Crippen MR) is 78.4 cm³/mol. The van der Waals surface area contributed by atoms with Crippen LogP contribution in [-0.4, -0.2) is 37.0 Å². The lowest BCUT2D eigenvalue weighted by molar-refractivity contribution is 0.0900. The van der Waals surface area contributed by atoms with Crippen molar-refractivity contribution in [2.45, 2.75) is 38.1 Å². The summed E-state index contributed by atoms with van der Waals surface area (Å²) < 4.78 is 0. The molecule has 1 aliphatic carbocycles. The molecule has 0 heterocycles. The third-order valence-electron chi connectivity index (χ3n) is 4.37. The molecule has 1 N–H and O–H groups in total. The molecule has 0 bridgehead atoms. The number of aryl methyl sites for hydroxylation is 1. The molecule has 0 saturated heterocycles. The molecule has 19 heavy (non-hydrogen) atoms. The van der Waals surface area contributed by atoms with Gasteiger partial charge in [0.05, 0.1) is 0 Å². The summed E-state index contributed by atoms with van der Waals surface area (Å²) >= 11 is 0. The standard InChI is InChI=1S/C16H24N2O/c1-13-6-8-14(9-7-13)15(19)17-12-16(18(2)3)10-4-5-11-16/h6-9H,4-5,10-12H2,1-3H3,(H,17,19). The number of carbonyl (C=O) groups excluding carboxylic acids is 1. The number of hydrogen-bond donors (Lipinski definition) is 1. The topological polar surface area (TPSA) is 32.3 Å². The van der Waals surface area contributed by atoms with E-state index in [1.165, 1.54) is 31.2 Å². The molecule has 3 heteroatoms. The Bertz CT molecular complexity index is 431. The smallest absolute Gasteiger partial charge is 0.251 e. The van der Waals surface area contributed by atoms with Gasteiger partial charge in [-0.15, -0.1) is 0 Å². The van der Waals surface area contributed by atoms with Gasteiger partial charge in [0.15, 0.2) is 0 Å². The molecule has 2 rings (SSSR count). The van der Waals surface area contributed by atoms with Crippen molar-refractivity contribution in [2.75, 3.05) is 20.6 Å². The summed E-state index contributed by atoms with van der Waals surface area (Å²) in [6.45, 7) is 2.77. The molecule has 1 aromatic carbocycles. The van der Waals surface area contributed by atoms with Crippen LogP contribution in [0.25, 0.3) is 0 Å². The summed E-state index contributed by atoms with van der Waals surface area (Å²) in [6.07, 6.45) is 4.87. The summed E-state index contributed by atoms with van der Waals surface area (Å²) in [6, 6.07) is 7.74. The first-order chi connectivity index (χ1) is 9.03. The molecule has 1 fully saturated rings. The number of amides is 1. The predicted octanol–water partition coefficient (Wildman–Crippen LogP) is 2.60. The lowest BCUT2D eigenvalue weighted by Gasteiger charge is -2.36. The van der Waals surface area contributed by atoms with Crippen molar-refractivity contribution in [3.05, 3.63) is 35.4 Å². The van der Waals surface area contributed by atoms with Crippen LogP contribution in [0.5, 0.6) is 0 Å². The maximum atomic E-state index is 12.1. The second-order valence-corrected chi connectivity index (χ2v) is 5.87. The van der Waals surface area contributed by atoms with Crippen molar-refractivity contribution in [1.82, 2.24) is 10.2 Å². The van der Waals surface area contributed by atoms with E-state index < -0.39 is 0 Å². The summed E-state index contributed by atoms with van der Waals surface area (Å²) in [5.74, 6) is 0.0353. The van der Waals surface area contributed by atoms with Crippen LogP contribution in [0.15, 0.2) is 24.3 Å². The molecule has 0 aromatic heterocycles. The summed E-state index contributed by atoms with van der Waals surface area (Å²) in [5.41, 5.74) is 2.08. The Kier molecular flexibility index (Phi) is 4.25. The third-order valence-corrected chi connectivity index (χ3v) is 4.37. The number of carbonyl (C=O) groups is 1. The first-order valence-electron chi connectivity index (χ1n) is 7.06. The average molecular weight is 260 g/mol. The fraction of sp³-hybridized carbons (Fsp3) is 0.562. The SMILES string of the molecule is Cc1ccc(C(=O)NCC2(N(C)C)CCCC2)cc1. The quantitative estimate of drug-likeness (QED) is 0.902. The van der Waals surface area contributed by atoms with Crippen molar-refractivity contribution < 1.29 is 4.79 Å². The first kappa shape index (κ1) is 14.1. The van der Waals surface area contributed by atoms with Gasteiger partial charge in [-0.25, -0.2) is 0 Å². The van der Waals surface area contributed by atoms with Gasteiger partial charge in [-0.3, -0.25) is 4.79 Å². The fourth-order valence-corrected chi connectivity index (χ4v) is 2.87. The van der Waals surface area contributed by atoms with Crippen molar-refractivity contribution >= 4 is 5.91 Å². The van der Waals surface area contributed by atoms with Crippen molar-refractivity contribution in [1.29, 1.82) is 0 Å². The Morgan fingerprint density at radius 2 is 1.79 bits per heavy atom. The fourth-order valence-electron chi connectivity index (χ4n) is 2.87. The summed E-state index contributed by atoms with van der Waals surface area (Å²) in [4.78, 5) is 14.4. The van der Waals surface area contributed by atoms with Crippen LogP contribution in [0.4, 0.5) is 0 Å². The van der Waals surface area contributed by atoms with Gasteiger partial charge in [-0.2, -0.15) is 0 Å². The maximum Gasteiger partial charge on any atom is 0.251 e. The van der Waals surface area contributed by atoms with Crippen LogP contribution in [-0.2, 0) is 0 Å². The van der Waals surface area contributed by atoms with E-state index in [-0.39, 0.29) is 11.4 Å². The molecule has 0 aliphatic heterocycles. The van der Waals surface area contributed by atoms with Gasteiger partial charge >= 0.3 is 0 Å². The Hall–Kier alpha value is -1.35. The van der Waals surface area contributed by atoms with Crippen LogP contribution in [0, 0.1) is 6.92 Å². The highest BCUT2D eigenvalue weighted by atomic mass is 16.1. The van der Waals surface area contributed by atoms with E-state index >= 15 is 0 Å². The molecule has 0 atom stereocenters. The second kappa shape index (κ2) is 5.74. The lowest BCUT2D eigenvalue weighted by atomic mass is 9.96. The molecular weight excluding hydrogens is 236 g/mol. The zero-order valence-electron chi connectivity index (χ0n) is 12.2. The molecule has 1 aliphatic rings. The zero-order valence-corrected chi connectivity index (χ0v) is 12.2. The molecule has 0 spiro atoms. The van der Waals surface area contributed by atoms with Gasteiger partial charge in [-0.1, -0.05) is 30.5 Å². The largest absolute Gasteiger partial charge is 0.350 e. The van der Waals surface area contributed by atoms with E-state index in [1.807, 2.05) is 31.2 Å². The molecule has 3 nitrogen and oxygen atoms in total. The van der Waals surface area contributed by atoms with Crippen LogP contribution in [0.1, 0.15) is 41.6 Å². The summed E-state index contributed by atoms with van der Waals surface area (Å²) in [7, 11) is 4.23. The van der Waals surface area contributed by atoms with Gasteiger partial charge in [-0.05, 0) is 46.0 Å². The number of nitrogens with zero attached hydrogens (tertiary/aromatic N) is 1. The normalized spacial score (nSPS) is 17.7. The van der Waals surface area contributed by atoms with Gasteiger partial charge in [0.25, 0.3) is 5.91 Å². The molecule has 1 amide bonds. The van der Waals surface area contributed by atoms with Crippen LogP contribution < -0.4 is 5.32 Å².